The Labute approximate surface area is 158 Å². The van der Waals surface area contributed by atoms with Crippen molar-refractivity contribution in [2.24, 2.45) is 0 Å². The van der Waals surface area contributed by atoms with E-state index < -0.39 is 0 Å². The standard InChI is InChI=1S/C20H25N3O2S/c1-22(2)17-7-5-15(6-8-17)20(25)23-11-9-16(10-12-23)21-19(24)14-18-4-3-13-26-18/h3-8,13,16H,9-12,14H2,1-2H3,(H,21,24). The molecule has 1 aliphatic heterocycles. The van der Waals surface area contributed by atoms with Crippen molar-refractivity contribution in [1.82, 2.24) is 10.2 Å². The van der Waals surface area contributed by atoms with Gasteiger partial charge in [0.25, 0.3) is 5.91 Å². The maximum absolute atomic E-state index is 12.6. The Balaban J connectivity index is 1.48. The zero-order chi connectivity index (χ0) is 18.5. The molecule has 0 radical (unpaired) electrons. The molecule has 0 aliphatic carbocycles. The summed E-state index contributed by atoms with van der Waals surface area (Å²) in [5, 5.41) is 5.08. The second kappa shape index (κ2) is 8.36. The number of amides is 2. The van der Waals surface area contributed by atoms with E-state index in [2.05, 4.69) is 5.32 Å². The van der Waals surface area contributed by atoms with Gasteiger partial charge in [-0.1, -0.05) is 6.07 Å². The van der Waals surface area contributed by atoms with Crippen LogP contribution >= 0.6 is 11.3 Å². The monoisotopic (exact) mass is 371 g/mol. The lowest BCUT2D eigenvalue weighted by molar-refractivity contribution is -0.121. The van der Waals surface area contributed by atoms with Crippen LogP contribution in [0.5, 0.6) is 0 Å². The zero-order valence-corrected chi connectivity index (χ0v) is 16.1. The van der Waals surface area contributed by atoms with Gasteiger partial charge in [-0.25, -0.2) is 0 Å². The predicted octanol–water partition coefficient (Wildman–Crippen LogP) is 2.78. The Morgan fingerprint density at radius 1 is 1.15 bits per heavy atom. The van der Waals surface area contributed by atoms with Crippen molar-refractivity contribution in [3.8, 4) is 0 Å². The van der Waals surface area contributed by atoms with Crippen LogP contribution in [0, 0.1) is 0 Å². The summed E-state index contributed by atoms with van der Waals surface area (Å²) in [6, 6.07) is 11.8. The molecule has 6 heteroatoms. The number of benzene rings is 1. The number of thiophene rings is 1. The molecule has 1 saturated heterocycles. The summed E-state index contributed by atoms with van der Waals surface area (Å²) in [6.45, 7) is 1.36. The molecule has 1 aromatic heterocycles. The second-order valence-electron chi connectivity index (χ2n) is 6.83. The number of rotatable bonds is 5. The van der Waals surface area contributed by atoms with Crippen molar-refractivity contribution in [2.45, 2.75) is 25.3 Å². The first-order valence-corrected chi connectivity index (χ1v) is 9.79. The zero-order valence-electron chi connectivity index (χ0n) is 15.3. The van der Waals surface area contributed by atoms with Gasteiger partial charge in [-0.15, -0.1) is 11.3 Å². The molecule has 26 heavy (non-hydrogen) atoms. The second-order valence-corrected chi connectivity index (χ2v) is 7.86. The summed E-state index contributed by atoms with van der Waals surface area (Å²) in [6.07, 6.45) is 2.05. The number of likely N-dealkylation sites (tertiary alicyclic amines) is 1. The number of piperidine rings is 1. The molecule has 2 heterocycles. The van der Waals surface area contributed by atoms with E-state index >= 15 is 0 Å². The van der Waals surface area contributed by atoms with Crippen LogP contribution in [0.25, 0.3) is 0 Å². The summed E-state index contributed by atoms with van der Waals surface area (Å²) in [7, 11) is 3.96. The molecular formula is C20H25N3O2S. The van der Waals surface area contributed by atoms with E-state index in [-0.39, 0.29) is 17.9 Å². The van der Waals surface area contributed by atoms with E-state index in [1.807, 2.05) is 65.7 Å². The Bertz CT molecular complexity index is 733. The van der Waals surface area contributed by atoms with E-state index in [9.17, 15) is 9.59 Å². The number of anilines is 1. The minimum atomic E-state index is 0.0662. The molecule has 0 atom stereocenters. The summed E-state index contributed by atoms with van der Waals surface area (Å²) < 4.78 is 0. The third-order valence-corrected chi connectivity index (χ3v) is 5.57. The van der Waals surface area contributed by atoms with E-state index in [1.165, 1.54) is 0 Å². The summed E-state index contributed by atoms with van der Waals surface area (Å²) in [5.41, 5.74) is 1.80. The third-order valence-electron chi connectivity index (χ3n) is 4.69. The fraction of sp³-hybridized carbons (Fsp3) is 0.400. The van der Waals surface area contributed by atoms with E-state index in [0.717, 1.165) is 29.0 Å². The largest absolute Gasteiger partial charge is 0.378 e. The molecule has 1 aliphatic rings. The van der Waals surface area contributed by atoms with Crippen LogP contribution in [0.15, 0.2) is 41.8 Å². The minimum absolute atomic E-state index is 0.0662. The molecule has 1 N–H and O–H groups in total. The maximum atomic E-state index is 12.6. The predicted molar refractivity (Wildman–Crippen MR) is 106 cm³/mol. The van der Waals surface area contributed by atoms with Gasteiger partial charge in [0, 0.05) is 49.4 Å². The topological polar surface area (TPSA) is 52.7 Å². The van der Waals surface area contributed by atoms with Gasteiger partial charge in [-0.2, -0.15) is 0 Å². The number of carbonyl (C=O) groups is 2. The first kappa shape index (κ1) is 18.5. The molecule has 0 unspecified atom stereocenters. The first-order chi connectivity index (χ1) is 12.5. The number of carbonyl (C=O) groups excluding carboxylic acids is 2. The van der Waals surface area contributed by atoms with Crippen molar-refractivity contribution in [3.05, 3.63) is 52.2 Å². The Morgan fingerprint density at radius 3 is 2.42 bits per heavy atom. The highest BCUT2D eigenvalue weighted by atomic mass is 32.1. The summed E-state index contributed by atoms with van der Waals surface area (Å²) in [4.78, 5) is 29.7. The van der Waals surface area contributed by atoms with Crippen molar-refractivity contribution >= 4 is 28.8 Å². The van der Waals surface area contributed by atoms with Crippen molar-refractivity contribution in [2.75, 3.05) is 32.1 Å². The van der Waals surface area contributed by atoms with Gasteiger partial charge in [0.15, 0.2) is 0 Å². The lowest BCUT2D eigenvalue weighted by atomic mass is 10.0. The van der Waals surface area contributed by atoms with E-state index in [0.29, 0.717) is 19.5 Å². The summed E-state index contributed by atoms with van der Waals surface area (Å²) >= 11 is 1.60. The third kappa shape index (κ3) is 4.64. The molecular weight excluding hydrogens is 346 g/mol. The lowest BCUT2D eigenvalue weighted by Gasteiger charge is -2.32. The molecule has 3 rings (SSSR count). The smallest absolute Gasteiger partial charge is 0.253 e. The molecule has 2 aromatic rings. The van der Waals surface area contributed by atoms with Crippen LogP contribution in [0.2, 0.25) is 0 Å². The lowest BCUT2D eigenvalue weighted by Crippen LogP contribution is -2.46. The molecule has 5 nitrogen and oxygen atoms in total. The normalized spacial score (nSPS) is 14.9. The highest BCUT2D eigenvalue weighted by Gasteiger charge is 2.24. The average Bonchev–Trinajstić information content (AvgIpc) is 3.14. The number of nitrogens with zero attached hydrogens (tertiary/aromatic N) is 2. The molecule has 138 valence electrons. The van der Waals surface area contributed by atoms with Gasteiger partial charge in [-0.05, 0) is 48.6 Å². The van der Waals surface area contributed by atoms with E-state index in [4.69, 9.17) is 0 Å². The van der Waals surface area contributed by atoms with Gasteiger partial charge in [0.1, 0.15) is 0 Å². The van der Waals surface area contributed by atoms with Crippen molar-refractivity contribution in [1.29, 1.82) is 0 Å². The fourth-order valence-electron chi connectivity index (χ4n) is 3.16. The molecule has 0 spiro atoms. The number of hydrogen-bond acceptors (Lipinski definition) is 4. The van der Waals surface area contributed by atoms with Crippen molar-refractivity contribution in [3.63, 3.8) is 0 Å². The number of nitrogens with one attached hydrogen (secondary N) is 1. The molecule has 0 bridgehead atoms. The van der Waals surface area contributed by atoms with Crippen LogP contribution in [0.1, 0.15) is 28.1 Å². The van der Waals surface area contributed by atoms with Crippen LogP contribution < -0.4 is 10.2 Å². The van der Waals surface area contributed by atoms with Gasteiger partial charge >= 0.3 is 0 Å². The Kier molecular flexibility index (Phi) is 5.93. The van der Waals surface area contributed by atoms with Crippen LogP contribution in [0.3, 0.4) is 0 Å². The molecule has 1 aromatic carbocycles. The minimum Gasteiger partial charge on any atom is -0.378 e. The molecule has 2 amide bonds. The molecule has 0 saturated carbocycles. The Morgan fingerprint density at radius 2 is 1.85 bits per heavy atom. The van der Waals surface area contributed by atoms with Gasteiger partial charge in [0.2, 0.25) is 5.91 Å². The SMILES string of the molecule is CN(C)c1ccc(C(=O)N2CCC(NC(=O)Cc3cccs3)CC2)cc1. The van der Waals surface area contributed by atoms with Gasteiger partial charge < -0.3 is 15.1 Å². The van der Waals surface area contributed by atoms with Crippen LogP contribution in [-0.4, -0.2) is 49.9 Å². The number of hydrogen-bond donors (Lipinski definition) is 1. The van der Waals surface area contributed by atoms with E-state index in [1.54, 1.807) is 11.3 Å². The Hall–Kier alpha value is -2.34. The average molecular weight is 372 g/mol. The van der Waals surface area contributed by atoms with Gasteiger partial charge in [-0.3, -0.25) is 9.59 Å². The quantitative estimate of drug-likeness (QED) is 0.879. The van der Waals surface area contributed by atoms with Crippen molar-refractivity contribution < 1.29 is 9.59 Å². The fourth-order valence-corrected chi connectivity index (χ4v) is 3.87. The van der Waals surface area contributed by atoms with Crippen LogP contribution in [0.4, 0.5) is 5.69 Å². The highest BCUT2D eigenvalue weighted by molar-refractivity contribution is 7.10. The van der Waals surface area contributed by atoms with Crippen LogP contribution in [-0.2, 0) is 11.2 Å². The summed E-state index contributed by atoms with van der Waals surface area (Å²) in [5.74, 6) is 0.134. The highest BCUT2D eigenvalue weighted by Crippen LogP contribution is 2.17. The maximum Gasteiger partial charge on any atom is 0.253 e. The first-order valence-electron chi connectivity index (χ1n) is 8.91. The van der Waals surface area contributed by atoms with Gasteiger partial charge in [0.05, 0.1) is 6.42 Å². The molecule has 1 fully saturated rings.